The van der Waals surface area contributed by atoms with Gasteiger partial charge in [-0.25, -0.2) is 4.98 Å². The molecule has 0 unspecified atom stereocenters. The molecule has 166 valence electrons. The van der Waals surface area contributed by atoms with Crippen LogP contribution in [-0.2, 0) is 6.18 Å². The van der Waals surface area contributed by atoms with Gasteiger partial charge in [0, 0.05) is 11.6 Å². The van der Waals surface area contributed by atoms with Gasteiger partial charge in [-0.3, -0.25) is 14.9 Å². The van der Waals surface area contributed by atoms with E-state index in [0.29, 0.717) is 0 Å². The van der Waals surface area contributed by atoms with Gasteiger partial charge in [-0.15, -0.1) is 0 Å². The SMILES string of the molecule is O=c1c2ccccc2nc(-c2cccc(C(F)(F)F)c2)n1N=Cc1cc(O)ccc1[N+](=O)[O-]. The van der Waals surface area contributed by atoms with Crippen LogP contribution in [0.5, 0.6) is 5.75 Å². The summed E-state index contributed by atoms with van der Waals surface area (Å²) in [5.74, 6) is -0.465. The van der Waals surface area contributed by atoms with E-state index in [1.54, 1.807) is 12.1 Å². The van der Waals surface area contributed by atoms with Crippen molar-refractivity contribution in [1.82, 2.24) is 9.66 Å². The van der Waals surface area contributed by atoms with E-state index in [9.17, 15) is 33.2 Å². The zero-order valence-corrected chi connectivity index (χ0v) is 16.5. The van der Waals surface area contributed by atoms with Crippen molar-refractivity contribution in [3.8, 4) is 17.1 Å². The Morgan fingerprint density at radius 1 is 1.06 bits per heavy atom. The first-order valence-electron chi connectivity index (χ1n) is 9.36. The molecule has 33 heavy (non-hydrogen) atoms. The number of fused-ring (bicyclic) bond motifs is 1. The lowest BCUT2D eigenvalue weighted by atomic mass is 10.1. The third-order valence-corrected chi connectivity index (χ3v) is 4.72. The Kier molecular flexibility index (Phi) is 5.38. The fourth-order valence-corrected chi connectivity index (χ4v) is 3.18. The number of benzene rings is 3. The monoisotopic (exact) mass is 454 g/mol. The van der Waals surface area contributed by atoms with E-state index in [-0.39, 0.29) is 39.3 Å². The third kappa shape index (κ3) is 4.28. The summed E-state index contributed by atoms with van der Waals surface area (Å²) in [4.78, 5) is 28.0. The van der Waals surface area contributed by atoms with Gasteiger partial charge in [0.25, 0.3) is 11.2 Å². The minimum atomic E-state index is -4.62. The van der Waals surface area contributed by atoms with Crippen LogP contribution < -0.4 is 5.56 Å². The zero-order chi connectivity index (χ0) is 23.8. The van der Waals surface area contributed by atoms with Crippen molar-refractivity contribution in [2.75, 3.05) is 0 Å². The maximum Gasteiger partial charge on any atom is 0.416 e. The summed E-state index contributed by atoms with van der Waals surface area (Å²) < 4.78 is 40.5. The van der Waals surface area contributed by atoms with Gasteiger partial charge < -0.3 is 5.11 Å². The van der Waals surface area contributed by atoms with Crippen LogP contribution in [0.4, 0.5) is 18.9 Å². The molecule has 0 radical (unpaired) electrons. The van der Waals surface area contributed by atoms with Gasteiger partial charge in [0.1, 0.15) is 5.75 Å². The van der Waals surface area contributed by atoms with Crippen LogP contribution in [0.25, 0.3) is 22.3 Å². The summed E-state index contributed by atoms with van der Waals surface area (Å²) in [6, 6.07) is 13.7. The second kappa shape index (κ2) is 8.19. The summed E-state index contributed by atoms with van der Waals surface area (Å²) in [6.45, 7) is 0. The summed E-state index contributed by atoms with van der Waals surface area (Å²) in [6.07, 6.45) is -3.66. The molecule has 0 amide bonds. The number of aromatic nitrogens is 2. The molecule has 0 aliphatic rings. The highest BCUT2D eigenvalue weighted by atomic mass is 19.4. The van der Waals surface area contributed by atoms with E-state index in [1.807, 2.05) is 0 Å². The predicted octanol–water partition coefficient (Wildman–Crippen LogP) is 4.58. The van der Waals surface area contributed by atoms with Crippen LogP contribution in [0.3, 0.4) is 0 Å². The number of phenolic OH excluding ortho intramolecular Hbond substituents is 1. The number of nitrogens with zero attached hydrogens (tertiary/aromatic N) is 4. The standard InChI is InChI=1S/C22H13F3N4O4/c23-22(24,25)15-5-3-4-13(10-15)20-27-18-7-2-1-6-17(18)21(31)28(20)26-12-14-11-16(30)8-9-19(14)29(32)33/h1-12,30H. The number of hydrogen-bond donors (Lipinski definition) is 1. The fraction of sp³-hybridized carbons (Fsp3) is 0.0455. The largest absolute Gasteiger partial charge is 0.508 e. The molecular weight excluding hydrogens is 441 g/mol. The summed E-state index contributed by atoms with van der Waals surface area (Å²) >= 11 is 0. The van der Waals surface area contributed by atoms with Crippen molar-refractivity contribution in [2.24, 2.45) is 5.10 Å². The average molecular weight is 454 g/mol. The first-order valence-corrected chi connectivity index (χ1v) is 9.36. The van der Waals surface area contributed by atoms with Gasteiger partial charge in [0.2, 0.25) is 0 Å². The van der Waals surface area contributed by atoms with Crippen molar-refractivity contribution in [3.05, 3.63) is 98.3 Å². The molecule has 0 fully saturated rings. The number of halogens is 3. The molecule has 0 atom stereocenters. The van der Waals surface area contributed by atoms with Crippen molar-refractivity contribution in [3.63, 3.8) is 0 Å². The second-order valence-electron chi connectivity index (χ2n) is 6.89. The van der Waals surface area contributed by atoms with Gasteiger partial charge in [-0.05, 0) is 36.4 Å². The molecule has 8 nitrogen and oxygen atoms in total. The Balaban J connectivity index is 1.97. The van der Waals surface area contributed by atoms with E-state index >= 15 is 0 Å². The Morgan fingerprint density at radius 3 is 2.55 bits per heavy atom. The predicted molar refractivity (Wildman–Crippen MR) is 114 cm³/mol. The fourth-order valence-electron chi connectivity index (χ4n) is 3.18. The quantitative estimate of drug-likeness (QED) is 0.276. The minimum absolute atomic E-state index is 0.0322. The van der Waals surface area contributed by atoms with Gasteiger partial charge in [-0.1, -0.05) is 24.3 Å². The normalized spacial score (nSPS) is 11.8. The number of rotatable bonds is 4. The number of phenols is 1. The first kappa shape index (κ1) is 21.7. The van der Waals surface area contributed by atoms with Crippen molar-refractivity contribution < 1.29 is 23.2 Å². The van der Waals surface area contributed by atoms with E-state index in [4.69, 9.17) is 0 Å². The molecule has 4 aromatic rings. The van der Waals surface area contributed by atoms with Crippen LogP contribution >= 0.6 is 0 Å². The van der Waals surface area contributed by atoms with Crippen molar-refractivity contribution in [2.45, 2.75) is 6.18 Å². The molecule has 0 saturated heterocycles. The van der Waals surface area contributed by atoms with Gasteiger partial charge in [0.15, 0.2) is 5.82 Å². The number of hydrogen-bond acceptors (Lipinski definition) is 6. The molecule has 0 bridgehead atoms. The summed E-state index contributed by atoms with van der Waals surface area (Å²) in [7, 11) is 0. The van der Waals surface area contributed by atoms with Crippen LogP contribution in [0.1, 0.15) is 11.1 Å². The lowest BCUT2D eigenvalue weighted by Gasteiger charge is -2.12. The molecule has 0 saturated carbocycles. The number of nitro groups is 1. The molecular formula is C22H13F3N4O4. The van der Waals surface area contributed by atoms with E-state index in [2.05, 4.69) is 10.1 Å². The topological polar surface area (TPSA) is 111 Å². The molecule has 1 heterocycles. The average Bonchev–Trinajstić information content (AvgIpc) is 2.77. The zero-order valence-electron chi connectivity index (χ0n) is 16.5. The van der Waals surface area contributed by atoms with Crippen LogP contribution in [0.2, 0.25) is 0 Å². The molecule has 4 rings (SSSR count). The highest BCUT2D eigenvalue weighted by molar-refractivity contribution is 5.86. The molecule has 1 aromatic heterocycles. The Bertz CT molecular complexity index is 1480. The maximum absolute atomic E-state index is 13.2. The smallest absolute Gasteiger partial charge is 0.416 e. The minimum Gasteiger partial charge on any atom is -0.508 e. The number of para-hydroxylation sites is 1. The lowest BCUT2D eigenvalue weighted by molar-refractivity contribution is -0.385. The number of nitro benzene ring substituents is 1. The summed E-state index contributed by atoms with van der Waals surface area (Å²) in [5.41, 5.74) is -1.93. The van der Waals surface area contributed by atoms with E-state index < -0.39 is 22.2 Å². The summed E-state index contributed by atoms with van der Waals surface area (Å²) in [5, 5.41) is 25.1. The van der Waals surface area contributed by atoms with Crippen molar-refractivity contribution >= 4 is 22.8 Å². The van der Waals surface area contributed by atoms with Crippen molar-refractivity contribution in [1.29, 1.82) is 0 Å². The Labute approximate surface area is 183 Å². The van der Waals surface area contributed by atoms with Crippen LogP contribution in [-0.4, -0.2) is 25.9 Å². The number of alkyl halides is 3. The van der Waals surface area contributed by atoms with E-state index in [1.165, 1.54) is 24.3 Å². The third-order valence-electron chi connectivity index (χ3n) is 4.72. The molecule has 11 heteroatoms. The first-order chi connectivity index (χ1) is 15.6. The highest BCUT2D eigenvalue weighted by Gasteiger charge is 2.31. The van der Waals surface area contributed by atoms with E-state index in [0.717, 1.165) is 41.2 Å². The highest BCUT2D eigenvalue weighted by Crippen LogP contribution is 2.32. The Hall–Kier alpha value is -4.54. The Morgan fingerprint density at radius 2 is 1.82 bits per heavy atom. The molecule has 0 aliphatic carbocycles. The molecule has 0 aliphatic heterocycles. The van der Waals surface area contributed by atoms with Gasteiger partial charge >= 0.3 is 6.18 Å². The number of aromatic hydroxyl groups is 1. The molecule has 3 aromatic carbocycles. The molecule has 0 spiro atoms. The maximum atomic E-state index is 13.2. The second-order valence-corrected chi connectivity index (χ2v) is 6.89. The van der Waals surface area contributed by atoms with Crippen LogP contribution in [0, 0.1) is 10.1 Å². The van der Waals surface area contributed by atoms with Crippen LogP contribution in [0.15, 0.2) is 76.6 Å². The van der Waals surface area contributed by atoms with Gasteiger partial charge in [-0.2, -0.15) is 22.9 Å². The molecule has 1 N–H and O–H groups in total. The van der Waals surface area contributed by atoms with Gasteiger partial charge in [0.05, 0.1) is 33.2 Å². The lowest BCUT2D eigenvalue weighted by Crippen LogP contribution is -2.20.